The lowest BCUT2D eigenvalue weighted by Gasteiger charge is -2.46. The number of allylic oxidation sites excluding steroid dienone is 2. The van der Waals surface area contributed by atoms with E-state index in [1.807, 2.05) is 18.3 Å². The van der Waals surface area contributed by atoms with Gasteiger partial charge in [0.2, 0.25) is 0 Å². The molecule has 0 aromatic carbocycles. The Morgan fingerprint density at radius 1 is 1.35 bits per heavy atom. The van der Waals surface area contributed by atoms with E-state index in [1.54, 1.807) is 0 Å². The topological polar surface area (TPSA) is 41.3 Å². The third kappa shape index (κ3) is 2.38. The monoisotopic (exact) mass is 351 g/mol. The van der Waals surface area contributed by atoms with Crippen molar-refractivity contribution in [2.24, 2.45) is 5.41 Å². The second-order valence-electron chi connectivity index (χ2n) is 8.04. The normalized spacial score (nSPS) is 19.8. The molecular formula is C21H22FN3O. The predicted octanol–water partition coefficient (Wildman–Crippen LogP) is 4.77. The zero-order valence-corrected chi connectivity index (χ0v) is 15.3. The van der Waals surface area contributed by atoms with Gasteiger partial charge in [0.15, 0.2) is 0 Å². The van der Waals surface area contributed by atoms with Crippen LogP contribution in [0.25, 0.3) is 16.7 Å². The quantitative estimate of drug-likeness (QED) is 0.752. The van der Waals surface area contributed by atoms with Gasteiger partial charge in [0.1, 0.15) is 17.2 Å². The summed E-state index contributed by atoms with van der Waals surface area (Å²) in [4.78, 5) is 6.50. The molecule has 2 aromatic rings. The van der Waals surface area contributed by atoms with Crippen molar-refractivity contribution in [3.63, 3.8) is 0 Å². The minimum Gasteiger partial charge on any atom is -0.508 e. The number of fused-ring (bicyclic) bond motifs is 5. The molecule has 2 aromatic heterocycles. The van der Waals surface area contributed by atoms with Crippen LogP contribution in [0.4, 0.5) is 4.39 Å². The Labute approximate surface area is 152 Å². The van der Waals surface area contributed by atoms with E-state index >= 15 is 0 Å². The number of hydrogen-bond donors (Lipinski definition) is 1. The van der Waals surface area contributed by atoms with Gasteiger partial charge in [0.05, 0.1) is 23.6 Å². The first-order valence-electron chi connectivity index (χ1n) is 8.61. The minimum atomic E-state index is -0.342. The van der Waals surface area contributed by atoms with Gasteiger partial charge in [0.25, 0.3) is 0 Å². The first-order chi connectivity index (χ1) is 12.2. The first kappa shape index (κ1) is 16.6. The maximum atomic E-state index is 13.6. The largest absolute Gasteiger partial charge is 0.508 e. The molecule has 4 nitrogen and oxygen atoms in total. The Bertz CT molecular complexity index is 1020. The lowest BCUT2D eigenvalue weighted by molar-refractivity contribution is 0.163. The summed E-state index contributed by atoms with van der Waals surface area (Å²) in [6.07, 6.45) is 5.14. The zero-order chi connectivity index (χ0) is 18.8. The second kappa shape index (κ2) is 5.34. The number of pyridine rings is 1. The molecule has 0 bridgehead atoms. The summed E-state index contributed by atoms with van der Waals surface area (Å²) in [6.45, 7) is 15.0. The molecule has 4 heterocycles. The number of nitrogens with zero attached hydrogens (tertiary/aromatic N) is 3. The molecule has 0 amide bonds. The molecule has 4 rings (SSSR count). The summed E-state index contributed by atoms with van der Waals surface area (Å²) in [5, 5.41) is 10.7. The van der Waals surface area contributed by atoms with Gasteiger partial charge in [-0.15, -0.1) is 0 Å². The molecular weight excluding hydrogens is 329 g/mol. The van der Waals surface area contributed by atoms with E-state index in [4.69, 9.17) is 0 Å². The van der Waals surface area contributed by atoms with E-state index < -0.39 is 0 Å². The molecule has 2 aliphatic rings. The highest BCUT2D eigenvalue weighted by Gasteiger charge is 2.39. The van der Waals surface area contributed by atoms with Crippen molar-refractivity contribution >= 4 is 16.7 Å². The minimum absolute atomic E-state index is 0.00724. The molecule has 2 aliphatic heterocycles. The smallest absolute Gasteiger partial charge is 0.142 e. The van der Waals surface area contributed by atoms with Gasteiger partial charge in [-0.3, -0.25) is 0 Å². The fourth-order valence-electron chi connectivity index (χ4n) is 3.80. The molecule has 0 aliphatic carbocycles. The number of hydrogen-bond acceptors (Lipinski definition) is 3. The molecule has 1 atom stereocenters. The summed E-state index contributed by atoms with van der Waals surface area (Å²) >= 11 is 0. The molecule has 0 saturated heterocycles. The Balaban J connectivity index is 1.97. The van der Waals surface area contributed by atoms with Crippen LogP contribution in [0.15, 0.2) is 60.7 Å². The van der Waals surface area contributed by atoms with Crippen LogP contribution < -0.4 is 0 Å². The summed E-state index contributed by atoms with van der Waals surface area (Å²) in [7, 11) is 0. The number of halogens is 1. The Morgan fingerprint density at radius 3 is 2.73 bits per heavy atom. The van der Waals surface area contributed by atoms with Gasteiger partial charge in [-0.25, -0.2) is 9.37 Å². The Morgan fingerprint density at radius 2 is 2.08 bits per heavy atom. The molecule has 1 unspecified atom stereocenters. The Kier molecular flexibility index (Phi) is 3.41. The fraction of sp³-hybridized carbons (Fsp3) is 0.286. The van der Waals surface area contributed by atoms with E-state index in [9.17, 15) is 9.50 Å². The second-order valence-corrected chi connectivity index (χ2v) is 8.04. The van der Waals surface area contributed by atoms with E-state index in [2.05, 4.69) is 48.4 Å². The van der Waals surface area contributed by atoms with Crippen LogP contribution in [0.5, 0.6) is 0 Å². The summed E-state index contributed by atoms with van der Waals surface area (Å²) in [5.41, 5.74) is 4.03. The Hall–Kier alpha value is -2.82. The fourth-order valence-corrected chi connectivity index (χ4v) is 3.80. The highest BCUT2D eigenvalue weighted by atomic mass is 19.1. The van der Waals surface area contributed by atoms with E-state index in [1.165, 1.54) is 12.3 Å². The van der Waals surface area contributed by atoms with Crippen LogP contribution in [0.3, 0.4) is 0 Å². The lowest BCUT2D eigenvalue weighted by atomic mass is 9.83. The van der Waals surface area contributed by atoms with Crippen LogP contribution in [-0.2, 0) is 6.54 Å². The van der Waals surface area contributed by atoms with Crippen LogP contribution in [-0.4, -0.2) is 25.6 Å². The van der Waals surface area contributed by atoms with Gasteiger partial charge in [-0.2, -0.15) is 0 Å². The highest BCUT2D eigenvalue weighted by molar-refractivity contribution is 5.85. The van der Waals surface area contributed by atoms with E-state index in [0.717, 1.165) is 22.4 Å². The van der Waals surface area contributed by atoms with Crippen molar-refractivity contribution < 1.29 is 9.50 Å². The van der Waals surface area contributed by atoms with Gasteiger partial charge < -0.3 is 14.6 Å². The summed E-state index contributed by atoms with van der Waals surface area (Å²) in [6, 6.07) is 3.61. The molecule has 1 N–H and O–H groups in total. The van der Waals surface area contributed by atoms with Crippen molar-refractivity contribution in [3.05, 3.63) is 72.2 Å². The average molecular weight is 351 g/mol. The number of aliphatic hydroxyl groups excluding tert-OH is 1. The van der Waals surface area contributed by atoms with E-state index in [0.29, 0.717) is 17.7 Å². The highest BCUT2D eigenvalue weighted by Crippen LogP contribution is 2.43. The van der Waals surface area contributed by atoms with Gasteiger partial charge in [-0.1, -0.05) is 33.9 Å². The van der Waals surface area contributed by atoms with Crippen molar-refractivity contribution in [2.75, 3.05) is 0 Å². The van der Waals surface area contributed by atoms with Crippen molar-refractivity contribution in [2.45, 2.75) is 33.4 Å². The van der Waals surface area contributed by atoms with Crippen LogP contribution >= 0.6 is 0 Å². The van der Waals surface area contributed by atoms with Gasteiger partial charge in [-0.05, 0) is 29.2 Å². The first-order valence-corrected chi connectivity index (χ1v) is 8.61. The average Bonchev–Trinajstić information content (AvgIpc) is 2.90. The van der Waals surface area contributed by atoms with Crippen LogP contribution in [0.1, 0.15) is 26.5 Å². The van der Waals surface area contributed by atoms with Crippen molar-refractivity contribution in [1.82, 2.24) is 14.5 Å². The third-order valence-corrected chi connectivity index (χ3v) is 5.17. The molecule has 5 heteroatoms. The van der Waals surface area contributed by atoms with Crippen molar-refractivity contribution in [1.29, 1.82) is 0 Å². The molecule has 26 heavy (non-hydrogen) atoms. The van der Waals surface area contributed by atoms with Crippen molar-refractivity contribution in [3.8, 4) is 0 Å². The maximum absolute atomic E-state index is 13.6. The summed E-state index contributed by atoms with van der Waals surface area (Å²) < 4.78 is 15.8. The maximum Gasteiger partial charge on any atom is 0.142 e. The van der Waals surface area contributed by atoms with Gasteiger partial charge >= 0.3 is 0 Å². The predicted molar refractivity (Wildman–Crippen MR) is 102 cm³/mol. The van der Waals surface area contributed by atoms with E-state index in [-0.39, 0.29) is 23.0 Å². The SMILES string of the molecule is C=C(O)C1=CN2C(=CC1=C)c1cc3cc(F)cnc3n1CC2C(C)(C)C. The van der Waals surface area contributed by atoms with Gasteiger partial charge in [0, 0.05) is 23.7 Å². The summed E-state index contributed by atoms with van der Waals surface area (Å²) in [5.74, 6) is -0.335. The van der Waals surface area contributed by atoms with Crippen LogP contribution in [0, 0.1) is 11.2 Å². The van der Waals surface area contributed by atoms with Crippen LogP contribution in [0.2, 0.25) is 0 Å². The molecule has 0 saturated carbocycles. The standard InChI is InChI=1S/C21H22FN3O/c1-12-6-17-18-8-14-7-15(22)9-23-20(14)25(18)11-19(21(3,4)5)24(17)10-16(12)13(2)26/h6-10,19,26H,1-2,11H2,3-5H3. The molecule has 134 valence electrons. The lowest BCUT2D eigenvalue weighted by Crippen LogP contribution is -2.47. The third-order valence-electron chi connectivity index (χ3n) is 5.17. The number of aliphatic hydroxyl groups is 1. The number of rotatable bonds is 1. The molecule has 0 radical (unpaired) electrons. The molecule has 0 spiro atoms. The zero-order valence-electron chi connectivity index (χ0n) is 15.3. The molecule has 0 fully saturated rings. The number of aromatic nitrogens is 2.